The van der Waals surface area contributed by atoms with Crippen LogP contribution >= 0.6 is 0 Å². The Kier molecular flexibility index (Phi) is 3.54. The van der Waals surface area contributed by atoms with Gasteiger partial charge >= 0.3 is 0 Å². The number of rotatable bonds is 3. The number of benzene rings is 2. The van der Waals surface area contributed by atoms with E-state index in [2.05, 4.69) is 9.97 Å². The smallest absolute Gasteiger partial charge is 0.248 e. The van der Waals surface area contributed by atoms with Gasteiger partial charge in [0.05, 0.1) is 0 Å². The quantitative estimate of drug-likeness (QED) is 0.592. The van der Waals surface area contributed by atoms with E-state index in [4.69, 9.17) is 5.73 Å². The molecule has 0 radical (unpaired) electrons. The van der Waals surface area contributed by atoms with Gasteiger partial charge in [-0.2, -0.15) is 0 Å². The van der Waals surface area contributed by atoms with E-state index < -0.39 is 5.91 Å². The molecule has 4 aromatic rings. The van der Waals surface area contributed by atoms with Crippen molar-refractivity contribution in [1.29, 1.82) is 0 Å². The lowest BCUT2D eigenvalue weighted by atomic mass is 10.0. The van der Waals surface area contributed by atoms with Gasteiger partial charge in [-0.15, -0.1) is 0 Å². The summed E-state index contributed by atoms with van der Waals surface area (Å²) in [5, 5.41) is 0.932. The number of fused-ring (bicyclic) bond motifs is 1. The molecule has 4 rings (SSSR count). The fourth-order valence-corrected chi connectivity index (χ4v) is 2.81. The number of nitrogens with one attached hydrogen (secondary N) is 1. The summed E-state index contributed by atoms with van der Waals surface area (Å²) in [5.41, 5.74) is 10.1. The number of amides is 1. The number of primary amides is 1. The molecule has 0 bridgehead atoms. The summed E-state index contributed by atoms with van der Waals surface area (Å²) >= 11 is 0. The Morgan fingerprint density at radius 3 is 2.52 bits per heavy atom. The van der Waals surface area contributed by atoms with Gasteiger partial charge in [0.25, 0.3) is 0 Å². The highest BCUT2D eigenvalue weighted by Gasteiger charge is 2.08. The zero-order valence-electron chi connectivity index (χ0n) is 13.2. The van der Waals surface area contributed by atoms with E-state index in [1.54, 1.807) is 36.5 Å². The van der Waals surface area contributed by atoms with Crippen molar-refractivity contribution in [2.24, 2.45) is 5.73 Å². The summed E-state index contributed by atoms with van der Waals surface area (Å²) in [5.74, 6) is -0.731. The number of aromatic amines is 1. The van der Waals surface area contributed by atoms with Crippen LogP contribution in [0.4, 0.5) is 4.39 Å². The number of halogens is 1. The van der Waals surface area contributed by atoms with E-state index in [0.29, 0.717) is 5.56 Å². The molecule has 0 saturated carbocycles. The number of H-pyrrole nitrogens is 1. The first kappa shape index (κ1) is 15.1. The first-order valence-electron chi connectivity index (χ1n) is 7.75. The van der Waals surface area contributed by atoms with Crippen molar-refractivity contribution >= 4 is 16.9 Å². The molecule has 5 heteroatoms. The topological polar surface area (TPSA) is 71.8 Å². The van der Waals surface area contributed by atoms with Crippen LogP contribution in [0.3, 0.4) is 0 Å². The molecule has 2 aromatic heterocycles. The number of nitrogens with zero attached hydrogens (tertiary/aromatic N) is 1. The van der Waals surface area contributed by atoms with Crippen molar-refractivity contribution in [3.05, 3.63) is 78.2 Å². The summed E-state index contributed by atoms with van der Waals surface area (Å²) < 4.78 is 13.1. The van der Waals surface area contributed by atoms with Crippen LogP contribution in [0.15, 0.2) is 66.9 Å². The largest absolute Gasteiger partial charge is 0.366 e. The normalized spacial score (nSPS) is 10.9. The Morgan fingerprint density at radius 2 is 1.76 bits per heavy atom. The van der Waals surface area contributed by atoms with Crippen molar-refractivity contribution in [2.75, 3.05) is 0 Å². The van der Waals surface area contributed by atoms with Gasteiger partial charge < -0.3 is 10.7 Å². The number of pyridine rings is 1. The maximum Gasteiger partial charge on any atom is 0.248 e. The van der Waals surface area contributed by atoms with E-state index in [9.17, 15) is 9.18 Å². The third kappa shape index (κ3) is 2.87. The molecule has 3 N–H and O–H groups in total. The number of hydrogen-bond donors (Lipinski definition) is 2. The standard InChI is InChI=1S/C20H14FN3O/c21-17-6-4-12(5-7-17)18-10-15-9-16(11-23-20(15)24-18)13-2-1-3-14(8-13)19(22)25/h1-11H,(H2,22,25)(H,23,24). The van der Waals surface area contributed by atoms with Crippen molar-refractivity contribution < 1.29 is 9.18 Å². The van der Waals surface area contributed by atoms with Crippen molar-refractivity contribution in [3.8, 4) is 22.4 Å². The molecular weight excluding hydrogens is 317 g/mol. The van der Waals surface area contributed by atoms with Crippen LogP contribution in [0.2, 0.25) is 0 Å². The van der Waals surface area contributed by atoms with Crippen molar-refractivity contribution in [3.63, 3.8) is 0 Å². The minimum atomic E-state index is -0.462. The summed E-state index contributed by atoms with van der Waals surface area (Å²) in [4.78, 5) is 19.0. The summed E-state index contributed by atoms with van der Waals surface area (Å²) in [7, 11) is 0. The van der Waals surface area contributed by atoms with Gasteiger partial charge in [0, 0.05) is 28.4 Å². The molecule has 0 aliphatic carbocycles. The van der Waals surface area contributed by atoms with Crippen LogP contribution < -0.4 is 5.73 Å². The number of carbonyl (C=O) groups excluding carboxylic acids is 1. The van der Waals surface area contributed by atoms with Gasteiger partial charge in [-0.25, -0.2) is 9.37 Å². The molecule has 0 fully saturated rings. The predicted octanol–water partition coefficient (Wildman–Crippen LogP) is 4.13. The highest BCUT2D eigenvalue weighted by Crippen LogP contribution is 2.27. The zero-order chi connectivity index (χ0) is 17.4. The van der Waals surface area contributed by atoms with Crippen LogP contribution in [0.1, 0.15) is 10.4 Å². The molecule has 2 heterocycles. The highest BCUT2D eigenvalue weighted by atomic mass is 19.1. The summed E-state index contributed by atoms with van der Waals surface area (Å²) in [6.45, 7) is 0. The molecule has 0 saturated heterocycles. The summed E-state index contributed by atoms with van der Waals surface area (Å²) in [6.07, 6.45) is 1.74. The zero-order valence-corrected chi connectivity index (χ0v) is 13.2. The van der Waals surface area contributed by atoms with Gasteiger partial charge in [-0.1, -0.05) is 12.1 Å². The lowest BCUT2D eigenvalue weighted by Crippen LogP contribution is -2.10. The van der Waals surface area contributed by atoms with E-state index in [1.807, 2.05) is 18.2 Å². The molecule has 4 nitrogen and oxygen atoms in total. The molecule has 2 aromatic carbocycles. The predicted molar refractivity (Wildman–Crippen MR) is 95.4 cm³/mol. The Hall–Kier alpha value is -3.47. The van der Waals surface area contributed by atoms with E-state index in [-0.39, 0.29) is 5.82 Å². The van der Waals surface area contributed by atoms with Gasteiger partial charge in [-0.05, 0) is 59.7 Å². The molecular formula is C20H14FN3O. The first-order chi connectivity index (χ1) is 12.1. The molecule has 25 heavy (non-hydrogen) atoms. The van der Waals surface area contributed by atoms with Gasteiger partial charge in [0.1, 0.15) is 11.5 Å². The average Bonchev–Trinajstić information content (AvgIpc) is 3.05. The lowest BCUT2D eigenvalue weighted by Gasteiger charge is -2.03. The van der Waals surface area contributed by atoms with Crippen LogP contribution in [0.5, 0.6) is 0 Å². The third-order valence-electron chi connectivity index (χ3n) is 4.11. The fourth-order valence-electron chi connectivity index (χ4n) is 2.81. The Bertz CT molecular complexity index is 1080. The van der Waals surface area contributed by atoms with Crippen LogP contribution in [-0.2, 0) is 0 Å². The monoisotopic (exact) mass is 331 g/mol. The second-order valence-corrected chi connectivity index (χ2v) is 5.80. The van der Waals surface area contributed by atoms with Gasteiger partial charge in [-0.3, -0.25) is 4.79 Å². The van der Waals surface area contributed by atoms with Crippen molar-refractivity contribution in [1.82, 2.24) is 9.97 Å². The average molecular weight is 331 g/mol. The van der Waals surface area contributed by atoms with E-state index in [0.717, 1.165) is 33.4 Å². The molecule has 0 aliphatic heterocycles. The fraction of sp³-hybridized carbons (Fsp3) is 0. The summed E-state index contributed by atoms with van der Waals surface area (Å²) in [6, 6.07) is 17.4. The second kappa shape index (κ2) is 5.87. The van der Waals surface area contributed by atoms with Crippen LogP contribution in [0.25, 0.3) is 33.4 Å². The van der Waals surface area contributed by atoms with Crippen LogP contribution in [-0.4, -0.2) is 15.9 Å². The Labute approximate surface area is 143 Å². The Balaban J connectivity index is 1.77. The maximum absolute atomic E-state index is 13.1. The molecule has 122 valence electrons. The number of carbonyl (C=O) groups is 1. The Morgan fingerprint density at radius 1 is 0.960 bits per heavy atom. The molecule has 0 atom stereocenters. The first-order valence-corrected chi connectivity index (χ1v) is 7.75. The van der Waals surface area contributed by atoms with Gasteiger partial charge in [0.2, 0.25) is 5.91 Å². The van der Waals surface area contributed by atoms with Crippen LogP contribution in [0, 0.1) is 5.82 Å². The van der Waals surface area contributed by atoms with E-state index in [1.165, 1.54) is 12.1 Å². The van der Waals surface area contributed by atoms with Gasteiger partial charge in [0.15, 0.2) is 0 Å². The lowest BCUT2D eigenvalue weighted by molar-refractivity contribution is 0.100. The second-order valence-electron chi connectivity index (χ2n) is 5.80. The molecule has 0 spiro atoms. The minimum absolute atomic E-state index is 0.269. The number of aromatic nitrogens is 2. The highest BCUT2D eigenvalue weighted by molar-refractivity contribution is 5.94. The molecule has 1 amide bonds. The minimum Gasteiger partial charge on any atom is -0.366 e. The maximum atomic E-state index is 13.1. The molecule has 0 unspecified atom stereocenters. The number of nitrogens with two attached hydrogens (primary N) is 1. The number of hydrogen-bond acceptors (Lipinski definition) is 2. The molecule has 0 aliphatic rings. The van der Waals surface area contributed by atoms with E-state index >= 15 is 0 Å². The SMILES string of the molecule is NC(=O)c1cccc(-c2cnc3[nH]c(-c4ccc(F)cc4)cc3c2)c1. The van der Waals surface area contributed by atoms with Crippen molar-refractivity contribution in [2.45, 2.75) is 0 Å². The third-order valence-corrected chi connectivity index (χ3v) is 4.11.